The number of aromatic nitrogens is 3. The Labute approximate surface area is 200 Å². The topological polar surface area (TPSA) is 103 Å². The zero-order chi connectivity index (χ0) is 24.7. The Kier molecular flexibility index (Phi) is 6.85. The molecule has 2 aromatic carbocycles. The standard InChI is InChI=1S/C18H12Cl3F3N4O4S/c1-8-5-9(19)6-12(21)15(8)28-16(18(22,23)24)14(25-27-28)17(29)26-33(30,31)13-7-10(32-2)3-4-11(13)20/h3-7H,1-2H3,(H,26,29). The van der Waals surface area contributed by atoms with Gasteiger partial charge in [0.05, 0.1) is 22.8 Å². The summed E-state index contributed by atoms with van der Waals surface area (Å²) in [6.07, 6.45) is -5.16. The van der Waals surface area contributed by atoms with Crippen molar-refractivity contribution in [3.05, 3.63) is 62.4 Å². The number of benzene rings is 2. The molecule has 0 bridgehead atoms. The Morgan fingerprint density at radius 1 is 1.12 bits per heavy atom. The first-order chi connectivity index (χ1) is 15.3. The van der Waals surface area contributed by atoms with Gasteiger partial charge in [0.15, 0.2) is 11.4 Å². The van der Waals surface area contributed by atoms with E-state index >= 15 is 0 Å². The maximum absolute atomic E-state index is 13.9. The number of alkyl halides is 3. The fourth-order valence-electron chi connectivity index (χ4n) is 2.85. The van der Waals surface area contributed by atoms with Crippen LogP contribution in [0.5, 0.6) is 5.75 Å². The number of hydrogen-bond donors (Lipinski definition) is 1. The molecule has 33 heavy (non-hydrogen) atoms. The predicted octanol–water partition coefficient (Wildman–Crippen LogP) is 4.68. The SMILES string of the molecule is COc1ccc(Cl)c(S(=O)(=O)NC(=O)c2nnn(-c3c(C)cc(Cl)cc3Cl)c2C(F)(F)F)c1. The van der Waals surface area contributed by atoms with Crippen LogP contribution in [0.1, 0.15) is 21.7 Å². The number of nitrogens with zero attached hydrogens (tertiary/aromatic N) is 3. The van der Waals surface area contributed by atoms with Gasteiger partial charge in [-0.25, -0.2) is 17.8 Å². The lowest BCUT2D eigenvalue weighted by atomic mass is 10.2. The Bertz CT molecular complexity index is 1340. The fourth-order valence-corrected chi connectivity index (χ4v) is 4.99. The summed E-state index contributed by atoms with van der Waals surface area (Å²) in [5.41, 5.74) is -2.97. The average Bonchev–Trinajstić information content (AvgIpc) is 3.12. The normalized spacial score (nSPS) is 12.0. The van der Waals surface area contributed by atoms with Gasteiger partial charge < -0.3 is 4.74 Å². The van der Waals surface area contributed by atoms with Crippen molar-refractivity contribution in [3.8, 4) is 11.4 Å². The number of amides is 1. The highest BCUT2D eigenvalue weighted by molar-refractivity contribution is 7.90. The van der Waals surface area contributed by atoms with Gasteiger partial charge in [0.25, 0.3) is 15.9 Å². The predicted molar refractivity (Wildman–Crippen MR) is 114 cm³/mol. The van der Waals surface area contributed by atoms with Crippen LogP contribution in [0.25, 0.3) is 5.69 Å². The zero-order valence-electron chi connectivity index (χ0n) is 16.5. The van der Waals surface area contributed by atoms with Crippen LogP contribution in [-0.2, 0) is 16.2 Å². The summed E-state index contributed by atoms with van der Waals surface area (Å²) < 4.78 is 73.8. The smallest absolute Gasteiger partial charge is 0.435 e. The van der Waals surface area contributed by atoms with E-state index < -0.39 is 38.4 Å². The average molecular weight is 544 g/mol. The molecule has 0 spiro atoms. The summed E-state index contributed by atoms with van der Waals surface area (Å²) >= 11 is 17.8. The van der Waals surface area contributed by atoms with Gasteiger partial charge in [0, 0.05) is 11.1 Å². The van der Waals surface area contributed by atoms with Crippen LogP contribution in [0.15, 0.2) is 35.2 Å². The van der Waals surface area contributed by atoms with Crippen molar-refractivity contribution in [2.45, 2.75) is 18.0 Å². The van der Waals surface area contributed by atoms with E-state index in [2.05, 4.69) is 10.3 Å². The van der Waals surface area contributed by atoms with Gasteiger partial charge in [-0.05, 0) is 36.8 Å². The van der Waals surface area contributed by atoms with Crippen molar-refractivity contribution in [1.82, 2.24) is 19.7 Å². The summed E-state index contributed by atoms with van der Waals surface area (Å²) in [7, 11) is -3.45. The van der Waals surface area contributed by atoms with Crippen LogP contribution in [0, 0.1) is 6.92 Å². The van der Waals surface area contributed by atoms with Crippen molar-refractivity contribution in [1.29, 1.82) is 0 Å². The second kappa shape index (κ2) is 9.01. The number of methoxy groups -OCH3 is 1. The van der Waals surface area contributed by atoms with Crippen molar-refractivity contribution in [2.24, 2.45) is 0 Å². The van der Waals surface area contributed by atoms with Crippen molar-refractivity contribution in [3.63, 3.8) is 0 Å². The first kappa shape index (κ1) is 25.1. The van der Waals surface area contributed by atoms with E-state index in [9.17, 15) is 26.4 Å². The first-order valence-electron chi connectivity index (χ1n) is 8.66. The van der Waals surface area contributed by atoms with Crippen molar-refractivity contribution in [2.75, 3.05) is 7.11 Å². The lowest BCUT2D eigenvalue weighted by Crippen LogP contribution is -2.33. The van der Waals surface area contributed by atoms with E-state index in [4.69, 9.17) is 39.5 Å². The van der Waals surface area contributed by atoms with Crippen LogP contribution < -0.4 is 9.46 Å². The maximum Gasteiger partial charge on any atom is 0.435 e. The van der Waals surface area contributed by atoms with Crippen LogP contribution in [0.2, 0.25) is 15.1 Å². The van der Waals surface area contributed by atoms with Crippen LogP contribution in [0.3, 0.4) is 0 Å². The number of aryl methyl sites for hydroxylation is 1. The molecule has 8 nitrogen and oxygen atoms in total. The summed E-state index contributed by atoms with van der Waals surface area (Å²) in [6, 6.07) is 6.05. The van der Waals surface area contributed by atoms with Gasteiger partial charge in [-0.3, -0.25) is 4.79 Å². The quantitative estimate of drug-likeness (QED) is 0.501. The van der Waals surface area contributed by atoms with Gasteiger partial charge in [0.1, 0.15) is 10.6 Å². The largest absolute Gasteiger partial charge is 0.497 e. The van der Waals surface area contributed by atoms with Gasteiger partial charge in [0.2, 0.25) is 0 Å². The van der Waals surface area contributed by atoms with Gasteiger partial charge >= 0.3 is 6.18 Å². The number of carbonyl (C=O) groups is 1. The van der Waals surface area contributed by atoms with E-state index in [1.165, 1.54) is 43.0 Å². The highest BCUT2D eigenvalue weighted by Gasteiger charge is 2.43. The lowest BCUT2D eigenvalue weighted by molar-refractivity contribution is -0.143. The lowest BCUT2D eigenvalue weighted by Gasteiger charge is -2.14. The number of carbonyl (C=O) groups excluding carboxylic acids is 1. The van der Waals surface area contributed by atoms with Gasteiger partial charge in [-0.15, -0.1) is 5.10 Å². The molecule has 0 saturated carbocycles. The Morgan fingerprint density at radius 2 is 1.79 bits per heavy atom. The van der Waals surface area contributed by atoms with Crippen molar-refractivity contribution >= 4 is 50.7 Å². The van der Waals surface area contributed by atoms with Crippen LogP contribution in [0.4, 0.5) is 13.2 Å². The summed E-state index contributed by atoms with van der Waals surface area (Å²) in [4.78, 5) is 12.0. The number of sulfonamides is 1. The van der Waals surface area contributed by atoms with E-state index in [1.807, 2.05) is 0 Å². The van der Waals surface area contributed by atoms with E-state index in [-0.39, 0.29) is 32.1 Å². The summed E-state index contributed by atoms with van der Waals surface area (Å²) in [6.45, 7) is 1.42. The van der Waals surface area contributed by atoms with E-state index in [0.717, 1.165) is 6.07 Å². The highest BCUT2D eigenvalue weighted by Crippen LogP contribution is 2.36. The minimum atomic E-state index is -5.16. The molecule has 1 amide bonds. The molecule has 0 unspecified atom stereocenters. The Hall–Kier alpha value is -2.54. The molecule has 1 N–H and O–H groups in total. The zero-order valence-corrected chi connectivity index (χ0v) is 19.6. The first-order valence-corrected chi connectivity index (χ1v) is 11.3. The second-order valence-corrected chi connectivity index (χ2v) is 9.38. The molecular formula is C18H12Cl3F3N4O4S. The van der Waals surface area contributed by atoms with Crippen LogP contribution in [-0.4, -0.2) is 36.4 Å². The third-order valence-corrected chi connectivity index (χ3v) is 6.56. The molecule has 0 fully saturated rings. The molecule has 0 aliphatic rings. The molecule has 15 heteroatoms. The second-order valence-electron chi connectivity index (χ2n) is 6.48. The minimum absolute atomic E-state index is 0.0852. The number of rotatable bonds is 5. The number of ether oxygens (including phenoxy) is 1. The molecule has 1 heterocycles. The summed E-state index contributed by atoms with van der Waals surface area (Å²) in [5, 5.41) is 6.33. The molecule has 176 valence electrons. The minimum Gasteiger partial charge on any atom is -0.497 e. The molecule has 0 atom stereocenters. The monoisotopic (exact) mass is 542 g/mol. The molecule has 0 aliphatic heterocycles. The van der Waals surface area contributed by atoms with Gasteiger partial charge in [-0.1, -0.05) is 40.0 Å². The Morgan fingerprint density at radius 3 is 2.36 bits per heavy atom. The molecular weight excluding hydrogens is 532 g/mol. The Balaban J connectivity index is 2.11. The van der Waals surface area contributed by atoms with E-state index in [1.54, 1.807) is 0 Å². The van der Waals surface area contributed by atoms with Gasteiger partial charge in [-0.2, -0.15) is 13.2 Å². The molecule has 0 saturated heterocycles. The maximum atomic E-state index is 13.9. The fraction of sp³-hybridized carbons (Fsp3) is 0.167. The molecule has 0 aliphatic carbocycles. The van der Waals surface area contributed by atoms with Crippen LogP contribution >= 0.6 is 34.8 Å². The molecule has 3 aromatic rings. The molecule has 3 rings (SSSR count). The highest BCUT2D eigenvalue weighted by atomic mass is 35.5. The number of halogens is 6. The third kappa shape index (κ3) is 5.03. The number of nitrogens with one attached hydrogen (secondary N) is 1. The van der Waals surface area contributed by atoms with Crippen molar-refractivity contribution < 1.29 is 31.1 Å². The number of hydrogen-bond acceptors (Lipinski definition) is 6. The molecule has 0 radical (unpaired) electrons. The molecule has 1 aromatic heterocycles. The third-order valence-electron chi connectivity index (χ3n) is 4.24. The van der Waals surface area contributed by atoms with E-state index in [0.29, 0.717) is 4.68 Å². The summed E-state index contributed by atoms with van der Waals surface area (Å²) in [5.74, 6) is -1.60.